The topological polar surface area (TPSA) is 66.0 Å². The molecule has 0 radical (unpaired) electrons. The molecule has 0 aliphatic carbocycles. The number of hydrogen-bond acceptors (Lipinski definition) is 5. The summed E-state index contributed by atoms with van der Waals surface area (Å²) < 4.78 is 26.8. The number of nitrogens with zero attached hydrogens (tertiary/aromatic N) is 4. The first-order valence-electron chi connectivity index (χ1n) is 10.5. The first kappa shape index (κ1) is 18.7. The minimum Gasteiger partial charge on any atom is -0.492 e. The molecule has 6 nitrogen and oxygen atoms in total. The molecule has 158 valence electrons. The van der Waals surface area contributed by atoms with Gasteiger partial charge in [0.1, 0.15) is 18.2 Å². The Kier molecular flexibility index (Phi) is 4.45. The van der Waals surface area contributed by atoms with Crippen molar-refractivity contribution in [2.45, 2.75) is 18.9 Å². The van der Waals surface area contributed by atoms with E-state index in [0.717, 1.165) is 27.7 Å². The summed E-state index contributed by atoms with van der Waals surface area (Å²) in [5, 5.41) is 4.20. The van der Waals surface area contributed by atoms with Gasteiger partial charge in [-0.25, -0.2) is 9.37 Å². The maximum absolute atomic E-state index is 13.4. The zero-order chi connectivity index (χ0) is 21.5. The normalized spacial score (nSPS) is 15.5. The van der Waals surface area contributed by atoms with Gasteiger partial charge in [0.05, 0.1) is 23.3 Å². The van der Waals surface area contributed by atoms with Crippen molar-refractivity contribution in [1.82, 2.24) is 19.7 Å². The smallest absolute Gasteiger partial charge is 0.233 e. The lowest BCUT2D eigenvalue weighted by atomic mass is 9.96. The van der Waals surface area contributed by atoms with E-state index in [4.69, 9.17) is 9.26 Å². The Morgan fingerprint density at radius 2 is 1.97 bits per heavy atom. The number of aromatic nitrogens is 4. The van der Waals surface area contributed by atoms with Crippen LogP contribution < -0.4 is 4.74 Å². The van der Waals surface area contributed by atoms with Crippen molar-refractivity contribution in [3.63, 3.8) is 0 Å². The largest absolute Gasteiger partial charge is 0.492 e. The predicted octanol–water partition coefficient (Wildman–Crippen LogP) is 4.99. The van der Waals surface area contributed by atoms with Crippen LogP contribution >= 0.6 is 0 Å². The van der Waals surface area contributed by atoms with Gasteiger partial charge >= 0.3 is 0 Å². The number of hydrogen-bond donors (Lipinski definition) is 0. The van der Waals surface area contributed by atoms with E-state index in [2.05, 4.69) is 37.9 Å². The molecule has 1 atom stereocenters. The van der Waals surface area contributed by atoms with Crippen molar-refractivity contribution in [3.05, 3.63) is 95.9 Å². The molecule has 32 heavy (non-hydrogen) atoms. The molecule has 6 rings (SSSR count). The summed E-state index contributed by atoms with van der Waals surface area (Å²) in [4.78, 5) is 9.09. The Labute approximate surface area is 183 Å². The van der Waals surface area contributed by atoms with Gasteiger partial charge in [-0.1, -0.05) is 41.6 Å². The van der Waals surface area contributed by atoms with Crippen LogP contribution in [0.5, 0.6) is 5.75 Å². The van der Waals surface area contributed by atoms with Gasteiger partial charge in [0.15, 0.2) is 0 Å². The van der Waals surface area contributed by atoms with Crippen LogP contribution in [0.15, 0.2) is 77.6 Å². The Morgan fingerprint density at radius 1 is 1.03 bits per heavy atom. The van der Waals surface area contributed by atoms with E-state index in [9.17, 15) is 4.39 Å². The molecule has 0 fully saturated rings. The first-order valence-corrected chi connectivity index (χ1v) is 10.5. The van der Waals surface area contributed by atoms with Crippen LogP contribution in [0, 0.1) is 5.82 Å². The number of halogens is 1. The summed E-state index contributed by atoms with van der Waals surface area (Å²) >= 11 is 0. The van der Waals surface area contributed by atoms with Crippen molar-refractivity contribution in [3.8, 4) is 17.1 Å². The molecule has 0 spiro atoms. The number of fused-ring (bicyclic) bond motifs is 2. The lowest BCUT2D eigenvalue weighted by Crippen LogP contribution is -2.19. The number of para-hydroxylation sites is 2. The minimum absolute atomic E-state index is 0.0605. The van der Waals surface area contributed by atoms with Crippen LogP contribution in [0.3, 0.4) is 0 Å². The van der Waals surface area contributed by atoms with Gasteiger partial charge < -0.3 is 13.8 Å². The molecule has 2 aromatic heterocycles. The summed E-state index contributed by atoms with van der Waals surface area (Å²) in [5.41, 5.74) is 5.02. The number of ether oxygens (including phenoxy) is 1. The zero-order valence-electron chi connectivity index (χ0n) is 17.1. The minimum atomic E-state index is -0.300. The summed E-state index contributed by atoms with van der Waals surface area (Å²) in [5.74, 6) is 1.30. The second kappa shape index (κ2) is 7.60. The lowest BCUT2D eigenvalue weighted by molar-refractivity contribution is 0.229. The average molecular weight is 426 g/mol. The highest BCUT2D eigenvalue weighted by Crippen LogP contribution is 2.33. The third kappa shape index (κ3) is 3.41. The van der Waals surface area contributed by atoms with Gasteiger partial charge in [-0.05, 0) is 41.8 Å². The van der Waals surface area contributed by atoms with Crippen molar-refractivity contribution < 1.29 is 13.7 Å². The Hall–Kier alpha value is -4.00. The molecule has 0 saturated heterocycles. The van der Waals surface area contributed by atoms with E-state index in [-0.39, 0.29) is 11.7 Å². The Bertz CT molecular complexity index is 1420. The molecule has 0 saturated carbocycles. The first-order chi connectivity index (χ1) is 15.7. The van der Waals surface area contributed by atoms with Crippen LogP contribution in [-0.2, 0) is 13.0 Å². The highest BCUT2D eigenvalue weighted by atomic mass is 19.1. The van der Waals surface area contributed by atoms with Gasteiger partial charge in [0.2, 0.25) is 11.7 Å². The molecule has 1 unspecified atom stereocenters. The van der Waals surface area contributed by atoms with Crippen molar-refractivity contribution in [2.75, 3.05) is 6.61 Å². The predicted molar refractivity (Wildman–Crippen MR) is 117 cm³/mol. The number of benzene rings is 3. The molecule has 1 aliphatic heterocycles. The van der Waals surface area contributed by atoms with Crippen molar-refractivity contribution in [2.24, 2.45) is 0 Å². The maximum Gasteiger partial charge on any atom is 0.233 e. The molecular weight excluding hydrogens is 407 g/mol. The molecule has 7 heteroatoms. The van der Waals surface area contributed by atoms with E-state index in [1.54, 1.807) is 6.07 Å². The molecule has 3 aromatic carbocycles. The van der Waals surface area contributed by atoms with Gasteiger partial charge in [0, 0.05) is 18.2 Å². The summed E-state index contributed by atoms with van der Waals surface area (Å²) in [6.45, 7) is 1.08. The van der Waals surface area contributed by atoms with Crippen molar-refractivity contribution >= 4 is 11.0 Å². The van der Waals surface area contributed by atoms with E-state index in [1.165, 1.54) is 12.1 Å². The SMILES string of the molecule is Fc1ccc2c(c1)OCC(c1nc(-c3cccc(Cn4cnc5ccccc54)c3)no1)C2. The zero-order valence-corrected chi connectivity index (χ0v) is 17.1. The average Bonchev–Trinajstić information content (AvgIpc) is 3.47. The summed E-state index contributed by atoms with van der Waals surface area (Å²) in [6.07, 6.45) is 2.53. The van der Waals surface area contributed by atoms with Crippen LogP contribution in [-0.4, -0.2) is 26.3 Å². The molecule has 3 heterocycles. The van der Waals surface area contributed by atoms with Crippen LogP contribution in [0.1, 0.15) is 22.9 Å². The summed E-state index contributed by atoms with van der Waals surface area (Å²) in [7, 11) is 0. The summed E-state index contributed by atoms with van der Waals surface area (Å²) in [6, 6.07) is 20.8. The highest BCUT2D eigenvalue weighted by molar-refractivity contribution is 5.75. The van der Waals surface area contributed by atoms with Gasteiger partial charge in [0.25, 0.3) is 0 Å². The van der Waals surface area contributed by atoms with Crippen LogP contribution in [0.25, 0.3) is 22.4 Å². The Balaban J connectivity index is 1.23. The second-order valence-corrected chi connectivity index (χ2v) is 7.98. The van der Waals surface area contributed by atoms with E-state index < -0.39 is 0 Å². The number of imidazole rings is 1. The molecule has 5 aromatic rings. The third-order valence-corrected chi connectivity index (χ3v) is 5.79. The number of rotatable bonds is 4. The monoisotopic (exact) mass is 426 g/mol. The van der Waals surface area contributed by atoms with Gasteiger partial charge in [-0.3, -0.25) is 0 Å². The standard InChI is InChI=1S/C25H19FN4O2/c26-20-9-8-17-11-19(14-31-23(17)12-20)25-28-24(29-32-25)18-5-3-4-16(10-18)13-30-15-27-21-6-1-2-7-22(21)30/h1-10,12,15,19H,11,13-14H2. The maximum atomic E-state index is 13.4. The fourth-order valence-electron chi connectivity index (χ4n) is 4.16. The van der Waals surface area contributed by atoms with Gasteiger partial charge in [-0.2, -0.15) is 4.98 Å². The fraction of sp³-hybridized carbons (Fsp3) is 0.160. The lowest BCUT2D eigenvalue weighted by Gasteiger charge is -2.22. The van der Waals surface area contributed by atoms with Crippen LogP contribution in [0.2, 0.25) is 0 Å². The fourth-order valence-corrected chi connectivity index (χ4v) is 4.16. The van der Waals surface area contributed by atoms with Crippen molar-refractivity contribution in [1.29, 1.82) is 0 Å². The van der Waals surface area contributed by atoms with E-state index >= 15 is 0 Å². The quantitative estimate of drug-likeness (QED) is 0.405. The van der Waals surface area contributed by atoms with E-state index in [1.807, 2.05) is 36.7 Å². The molecular formula is C25H19FN4O2. The molecule has 1 aliphatic rings. The molecule has 0 amide bonds. The van der Waals surface area contributed by atoms with E-state index in [0.29, 0.717) is 37.0 Å². The molecule has 0 bridgehead atoms. The van der Waals surface area contributed by atoms with Crippen LogP contribution in [0.4, 0.5) is 4.39 Å². The Morgan fingerprint density at radius 3 is 2.94 bits per heavy atom. The third-order valence-electron chi connectivity index (χ3n) is 5.79. The molecule has 0 N–H and O–H groups in total. The highest BCUT2D eigenvalue weighted by Gasteiger charge is 2.26. The van der Waals surface area contributed by atoms with Gasteiger partial charge in [-0.15, -0.1) is 0 Å². The second-order valence-electron chi connectivity index (χ2n) is 7.98.